The number of methoxy groups -OCH3 is 1. The fraction of sp³-hybridized carbons (Fsp3) is 0.393. The van der Waals surface area contributed by atoms with Crippen molar-refractivity contribution in [3.05, 3.63) is 64.3 Å². The number of hydrogen-bond donors (Lipinski definition) is 2. The maximum absolute atomic E-state index is 11.7. The van der Waals surface area contributed by atoms with E-state index < -0.39 is 11.4 Å². The van der Waals surface area contributed by atoms with Gasteiger partial charge >= 0.3 is 5.97 Å². The first-order valence-electron chi connectivity index (χ1n) is 12.5. The van der Waals surface area contributed by atoms with Crippen LogP contribution in [0.15, 0.2) is 42.6 Å². The number of carboxylic acid groups (broad SMARTS) is 1. The Labute approximate surface area is 222 Å². The van der Waals surface area contributed by atoms with Crippen molar-refractivity contribution in [2.24, 2.45) is 0 Å². The SMILES string of the molecule is COc1cc2c(cc1Nc1ncc(Cl)c(N3CC(C)(CC(=O)O)c4ccccc43)n1)CN(C(C)C)CC2. The number of ether oxygens (including phenoxy) is 1. The van der Waals surface area contributed by atoms with Crippen LogP contribution in [0.1, 0.15) is 43.9 Å². The summed E-state index contributed by atoms with van der Waals surface area (Å²) < 4.78 is 5.70. The van der Waals surface area contributed by atoms with E-state index in [0.29, 0.717) is 29.4 Å². The minimum atomic E-state index is -0.842. The Hall–Kier alpha value is -3.36. The van der Waals surface area contributed by atoms with Crippen LogP contribution in [-0.4, -0.2) is 52.2 Å². The number of carbonyl (C=O) groups is 1. The summed E-state index contributed by atoms with van der Waals surface area (Å²) in [6, 6.07) is 12.5. The van der Waals surface area contributed by atoms with Crippen molar-refractivity contribution >= 4 is 40.7 Å². The molecule has 2 aromatic carbocycles. The average Bonchev–Trinajstić information content (AvgIpc) is 3.16. The van der Waals surface area contributed by atoms with Crippen LogP contribution in [0.25, 0.3) is 0 Å². The van der Waals surface area contributed by atoms with Crippen molar-refractivity contribution in [1.82, 2.24) is 14.9 Å². The van der Waals surface area contributed by atoms with Crippen LogP contribution in [0.3, 0.4) is 0 Å². The van der Waals surface area contributed by atoms with Gasteiger partial charge in [-0.15, -0.1) is 0 Å². The van der Waals surface area contributed by atoms with E-state index in [1.54, 1.807) is 13.3 Å². The van der Waals surface area contributed by atoms with Gasteiger partial charge in [0, 0.05) is 36.8 Å². The lowest BCUT2D eigenvalue weighted by Crippen LogP contribution is -2.35. The molecule has 8 nitrogen and oxygen atoms in total. The molecule has 2 N–H and O–H groups in total. The Balaban J connectivity index is 1.48. The van der Waals surface area contributed by atoms with Gasteiger partial charge in [0.25, 0.3) is 0 Å². The summed E-state index contributed by atoms with van der Waals surface area (Å²) >= 11 is 6.60. The Morgan fingerprint density at radius 2 is 2.05 bits per heavy atom. The molecule has 3 aromatic rings. The molecule has 0 spiro atoms. The van der Waals surface area contributed by atoms with E-state index in [9.17, 15) is 9.90 Å². The fourth-order valence-corrected chi connectivity index (χ4v) is 5.65. The van der Waals surface area contributed by atoms with E-state index in [-0.39, 0.29) is 6.42 Å². The molecule has 1 aromatic heterocycles. The number of anilines is 4. The first kappa shape index (κ1) is 25.3. The molecular formula is C28H32ClN5O3. The predicted molar refractivity (Wildman–Crippen MR) is 146 cm³/mol. The summed E-state index contributed by atoms with van der Waals surface area (Å²) in [6.07, 6.45) is 2.57. The Bertz CT molecular complexity index is 1350. The summed E-state index contributed by atoms with van der Waals surface area (Å²) in [5, 5.41) is 13.3. The second kappa shape index (κ2) is 9.84. The molecule has 0 bridgehead atoms. The Morgan fingerprint density at radius 3 is 2.78 bits per heavy atom. The second-order valence-electron chi connectivity index (χ2n) is 10.4. The molecular weight excluding hydrogens is 490 g/mol. The number of para-hydroxylation sites is 1. The smallest absolute Gasteiger partial charge is 0.304 e. The van der Waals surface area contributed by atoms with Crippen LogP contribution >= 0.6 is 11.6 Å². The molecule has 5 rings (SSSR count). The zero-order valence-electron chi connectivity index (χ0n) is 21.6. The third-order valence-corrected chi connectivity index (χ3v) is 7.68. The lowest BCUT2D eigenvalue weighted by molar-refractivity contribution is -0.138. The highest BCUT2D eigenvalue weighted by atomic mass is 35.5. The summed E-state index contributed by atoms with van der Waals surface area (Å²) in [4.78, 5) is 25.3. The third-order valence-electron chi connectivity index (χ3n) is 7.42. The number of rotatable bonds is 7. The van der Waals surface area contributed by atoms with E-state index in [1.165, 1.54) is 11.1 Å². The third kappa shape index (κ3) is 4.83. The normalized spacial score (nSPS) is 19.0. The summed E-state index contributed by atoms with van der Waals surface area (Å²) in [5.74, 6) is 0.811. The monoisotopic (exact) mass is 521 g/mol. The van der Waals surface area contributed by atoms with Gasteiger partial charge in [0.1, 0.15) is 10.8 Å². The number of aromatic nitrogens is 2. The van der Waals surface area contributed by atoms with Gasteiger partial charge in [0.15, 0.2) is 5.82 Å². The van der Waals surface area contributed by atoms with Crippen molar-refractivity contribution in [2.45, 2.75) is 51.6 Å². The average molecular weight is 522 g/mol. The van der Waals surface area contributed by atoms with Crippen LogP contribution in [0.5, 0.6) is 5.75 Å². The molecule has 3 heterocycles. The fourth-order valence-electron chi connectivity index (χ4n) is 5.46. The van der Waals surface area contributed by atoms with Crippen LogP contribution in [-0.2, 0) is 23.2 Å². The highest BCUT2D eigenvalue weighted by Gasteiger charge is 2.42. The molecule has 0 radical (unpaired) electrons. The number of hydrogen-bond acceptors (Lipinski definition) is 7. The molecule has 194 valence electrons. The largest absolute Gasteiger partial charge is 0.495 e. The van der Waals surface area contributed by atoms with Gasteiger partial charge in [-0.3, -0.25) is 9.69 Å². The number of aliphatic carboxylic acids is 1. The van der Waals surface area contributed by atoms with Gasteiger partial charge in [-0.25, -0.2) is 4.98 Å². The highest BCUT2D eigenvalue weighted by Crippen LogP contribution is 2.47. The molecule has 0 saturated heterocycles. The van der Waals surface area contributed by atoms with E-state index in [1.807, 2.05) is 36.1 Å². The lowest BCUT2D eigenvalue weighted by Gasteiger charge is -2.32. The van der Waals surface area contributed by atoms with Crippen LogP contribution < -0.4 is 15.0 Å². The number of fused-ring (bicyclic) bond motifs is 2. The van der Waals surface area contributed by atoms with E-state index in [4.69, 9.17) is 21.3 Å². The van der Waals surface area contributed by atoms with Gasteiger partial charge < -0.3 is 20.1 Å². The maximum atomic E-state index is 11.7. The van der Waals surface area contributed by atoms with Crippen molar-refractivity contribution < 1.29 is 14.6 Å². The van der Waals surface area contributed by atoms with Gasteiger partial charge in [0.05, 0.1) is 25.4 Å². The standard InChI is InChI=1S/C28H32ClN5O3/c1-17(2)33-10-9-18-12-24(37-4)22(11-19(18)15-33)31-27-30-14-21(29)26(32-27)34-16-28(3,13-25(35)36)20-7-5-6-8-23(20)34/h5-8,11-12,14,17H,9-10,13,15-16H2,1-4H3,(H,35,36)(H,30,31,32). The molecule has 37 heavy (non-hydrogen) atoms. The molecule has 0 aliphatic carbocycles. The molecule has 2 aliphatic rings. The predicted octanol–water partition coefficient (Wildman–Crippen LogP) is 5.53. The summed E-state index contributed by atoms with van der Waals surface area (Å²) in [5.41, 5.74) is 4.64. The second-order valence-corrected chi connectivity index (χ2v) is 10.8. The van der Waals surface area contributed by atoms with Gasteiger partial charge in [0.2, 0.25) is 5.95 Å². The maximum Gasteiger partial charge on any atom is 0.304 e. The van der Waals surface area contributed by atoms with Gasteiger partial charge in [-0.2, -0.15) is 4.98 Å². The van der Waals surface area contributed by atoms with Gasteiger partial charge in [-0.1, -0.05) is 36.7 Å². The topological polar surface area (TPSA) is 90.8 Å². The molecule has 9 heteroatoms. The van der Waals surface area contributed by atoms with E-state index in [0.717, 1.165) is 42.2 Å². The molecule has 0 amide bonds. The first-order valence-corrected chi connectivity index (χ1v) is 12.9. The van der Waals surface area contributed by atoms with Gasteiger partial charge in [-0.05, 0) is 55.2 Å². The van der Waals surface area contributed by atoms with Crippen molar-refractivity contribution in [1.29, 1.82) is 0 Å². The van der Waals surface area contributed by atoms with Crippen molar-refractivity contribution in [3.8, 4) is 5.75 Å². The Kier molecular flexibility index (Phi) is 6.72. The summed E-state index contributed by atoms with van der Waals surface area (Å²) in [6.45, 7) is 8.76. The number of carboxylic acids is 1. The van der Waals surface area contributed by atoms with Crippen molar-refractivity contribution in [3.63, 3.8) is 0 Å². The quantitative estimate of drug-likeness (QED) is 0.419. The zero-order chi connectivity index (χ0) is 26.3. The first-order chi connectivity index (χ1) is 17.7. The molecule has 1 unspecified atom stereocenters. The molecule has 0 fully saturated rings. The van der Waals surface area contributed by atoms with E-state index >= 15 is 0 Å². The lowest BCUT2D eigenvalue weighted by atomic mass is 9.81. The summed E-state index contributed by atoms with van der Waals surface area (Å²) in [7, 11) is 1.66. The van der Waals surface area contributed by atoms with Crippen LogP contribution in [0.4, 0.5) is 23.1 Å². The zero-order valence-corrected chi connectivity index (χ0v) is 22.3. The van der Waals surface area contributed by atoms with Crippen LogP contribution in [0, 0.1) is 0 Å². The van der Waals surface area contributed by atoms with E-state index in [2.05, 4.69) is 41.2 Å². The minimum Gasteiger partial charge on any atom is -0.495 e. The number of nitrogens with one attached hydrogen (secondary N) is 1. The highest BCUT2D eigenvalue weighted by molar-refractivity contribution is 6.33. The minimum absolute atomic E-state index is 0.00798. The van der Waals surface area contributed by atoms with Crippen LogP contribution in [0.2, 0.25) is 5.02 Å². The Morgan fingerprint density at radius 1 is 1.27 bits per heavy atom. The molecule has 0 saturated carbocycles. The van der Waals surface area contributed by atoms with Crippen molar-refractivity contribution in [2.75, 3.05) is 30.4 Å². The molecule has 1 atom stereocenters. The molecule has 2 aliphatic heterocycles. The number of halogens is 1. The number of benzene rings is 2. The number of nitrogens with zero attached hydrogens (tertiary/aromatic N) is 4.